The van der Waals surface area contributed by atoms with E-state index in [0.29, 0.717) is 44.7 Å². The molecule has 3 amide bonds. The van der Waals surface area contributed by atoms with Gasteiger partial charge in [0.1, 0.15) is 5.69 Å². The van der Waals surface area contributed by atoms with Crippen molar-refractivity contribution in [1.29, 1.82) is 0 Å². The first-order valence-electron chi connectivity index (χ1n) is 10.8. The number of furan rings is 1. The van der Waals surface area contributed by atoms with E-state index in [4.69, 9.17) is 4.42 Å². The van der Waals surface area contributed by atoms with Crippen LogP contribution in [0, 0.1) is 22.0 Å². The number of carbonyl (C=O) groups excluding carboxylic acids is 3. The first-order chi connectivity index (χ1) is 16.0. The first kappa shape index (κ1) is 20.9. The number of nitro benzene ring substituents is 1. The minimum atomic E-state index is -0.501. The Labute approximate surface area is 189 Å². The van der Waals surface area contributed by atoms with Gasteiger partial charge in [0.05, 0.1) is 28.7 Å². The lowest BCUT2D eigenvalue weighted by molar-refractivity contribution is -0.384. The molecule has 0 N–H and O–H groups in total. The predicted molar refractivity (Wildman–Crippen MR) is 118 cm³/mol. The van der Waals surface area contributed by atoms with E-state index in [1.54, 1.807) is 29.2 Å². The van der Waals surface area contributed by atoms with E-state index in [0.717, 1.165) is 4.90 Å². The highest BCUT2D eigenvalue weighted by Gasteiger charge is 2.48. The second kappa shape index (κ2) is 8.19. The smallest absolute Gasteiger partial charge is 0.294 e. The van der Waals surface area contributed by atoms with Gasteiger partial charge in [0.15, 0.2) is 5.76 Å². The lowest BCUT2D eigenvalue weighted by atomic mass is 9.85. The van der Waals surface area contributed by atoms with Gasteiger partial charge < -0.3 is 14.2 Å². The Kier molecular flexibility index (Phi) is 5.20. The quantitative estimate of drug-likeness (QED) is 0.304. The molecule has 1 aliphatic carbocycles. The number of nitrogens with zero attached hydrogens (tertiary/aromatic N) is 4. The van der Waals surface area contributed by atoms with E-state index in [9.17, 15) is 24.5 Å². The van der Waals surface area contributed by atoms with Crippen molar-refractivity contribution in [3.8, 4) is 0 Å². The molecular formula is C23H22N4O6. The van der Waals surface area contributed by atoms with Crippen molar-refractivity contribution in [2.45, 2.75) is 12.8 Å². The SMILES string of the molecule is O=C(c1ccco1)N1CCN(c2ccc(N3C(=O)[C@@H]4CC=CC[C@H]4C3=O)cc2[N+](=O)[O-])CC1. The highest BCUT2D eigenvalue weighted by molar-refractivity contribution is 6.22. The molecule has 0 radical (unpaired) electrons. The molecular weight excluding hydrogens is 428 g/mol. The van der Waals surface area contributed by atoms with Crippen molar-refractivity contribution in [3.05, 3.63) is 64.6 Å². The van der Waals surface area contributed by atoms with Gasteiger partial charge >= 0.3 is 0 Å². The standard InChI is InChI=1S/C23H22N4O6/c28-21-16-4-1-2-5-17(16)22(29)26(21)15-7-8-18(19(14-15)27(31)32)24-9-11-25(12-10-24)23(30)20-6-3-13-33-20/h1-3,6-8,13-14,16-17H,4-5,9-12H2/t16-,17-/m1/s1. The zero-order valence-electron chi connectivity index (χ0n) is 17.8. The third-order valence-electron chi connectivity index (χ3n) is 6.56. The molecule has 5 rings (SSSR count). The largest absolute Gasteiger partial charge is 0.459 e. The number of carbonyl (C=O) groups is 3. The van der Waals surface area contributed by atoms with Gasteiger partial charge in [-0.2, -0.15) is 0 Å². The normalized spacial score (nSPS) is 22.6. The Bertz CT molecular complexity index is 1120. The van der Waals surface area contributed by atoms with E-state index in [-0.39, 0.29) is 34.9 Å². The Morgan fingerprint density at radius 3 is 2.24 bits per heavy atom. The van der Waals surface area contributed by atoms with Gasteiger partial charge in [-0.05, 0) is 37.1 Å². The average Bonchev–Trinajstić information content (AvgIpc) is 3.46. The van der Waals surface area contributed by atoms with E-state index in [2.05, 4.69) is 0 Å². The van der Waals surface area contributed by atoms with Crippen LogP contribution in [0.2, 0.25) is 0 Å². The van der Waals surface area contributed by atoms with Crippen molar-refractivity contribution in [2.75, 3.05) is 36.0 Å². The van der Waals surface area contributed by atoms with Crippen molar-refractivity contribution in [1.82, 2.24) is 4.90 Å². The number of nitro groups is 1. The number of anilines is 2. The van der Waals surface area contributed by atoms with Crippen LogP contribution in [-0.4, -0.2) is 53.7 Å². The minimum absolute atomic E-state index is 0.174. The molecule has 0 saturated carbocycles. The van der Waals surface area contributed by atoms with Gasteiger partial charge in [0.2, 0.25) is 11.8 Å². The minimum Gasteiger partial charge on any atom is -0.459 e. The number of piperazine rings is 1. The fraction of sp³-hybridized carbons (Fsp3) is 0.348. The summed E-state index contributed by atoms with van der Waals surface area (Å²) < 4.78 is 5.17. The van der Waals surface area contributed by atoms with Crippen LogP contribution < -0.4 is 9.80 Å². The van der Waals surface area contributed by atoms with Crippen LogP contribution in [0.3, 0.4) is 0 Å². The molecule has 33 heavy (non-hydrogen) atoms. The summed E-state index contributed by atoms with van der Waals surface area (Å²) in [4.78, 5) is 54.2. The van der Waals surface area contributed by atoms with E-state index in [1.807, 2.05) is 17.1 Å². The molecule has 2 aliphatic heterocycles. The van der Waals surface area contributed by atoms with Crippen molar-refractivity contribution >= 4 is 34.8 Å². The van der Waals surface area contributed by atoms with E-state index >= 15 is 0 Å². The van der Waals surface area contributed by atoms with Crippen LogP contribution >= 0.6 is 0 Å². The summed E-state index contributed by atoms with van der Waals surface area (Å²) in [6.45, 7) is 1.59. The summed E-state index contributed by atoms with van der Waals surface area (Å²) >= 11 is 0. The molecule has 1 aromatic heterocycles. The lowest BCUT2D eigenvalue weighted by Crippen LogP contribution is -2.48. The van der Waals surface area contributed by atoms with Crippen molar-refractivity contribution < 1.29 is 23.7 Å². The predicted octanol–water partition coefficient (Wildman–Crippen LogP) is 2.61. The van der Waals surface area contributed by atoms with Gasteiger partial charge in [-0.25, -0.2) is 4.90 Å². The number of rotatable bonds is 4. The number of imide groups is 1. The maximum atomic E-state index is 12.9. The molecule has 2 fully saturated rings. The Morgan fingerprint density at radius 1 is 1.00 bits per heavy atom. The maximum Gasteiger partial charge on any atom is 0.294 e. The number of hydrogen-bond donors (Lipinski definition) is 0. The van der Waals surface area contributed by atoms with Crippen molar-refractivity contribution in [3.63, 3.8) is 0 Å². The van der Waals surface area contributed by atoms with Gasteiger partial charge in [0.25, 0.3) is 11.6 Å². The number of fused-ring (bicyclic) bond motifs is 1. The Balaban J connectivity index is 1.36. The summed E-state index contributed by atoms with van der Waals surface area (Å²) in [5.41, 5.74) is 0.445. The molecule has 2 atom stereocenters. The van der Waals surface area contributed by atoms with Crippen LogP contribution in [0.1, 0.15) is 23.4 Å². The summed E-state index contributed by atoms with van der Waals surface area (Å²) in [6, 6.07) is 7.72. The van der Waals surface area contributed by atoms with Crippen molar-refractivity contribution in [2.24, 2.45) is 11.8 Å². The summed E-state index contributed by atoms with van der Waals surface area (Å²) in [5.74, 6) is -1.37. The number of benzene rings is 1. The van der Waals surface area contributed by atoms with Crippen LogP contribution in [0.25, 0.3) is 0 Å². The zero-order valence-corrected chi connectivity index (χ0v) is 17.8. The third kappa shape index (κ3) is 3.57. The summed E-state index contributed by atoms with van der Waals surface area (Å²) in [7, 11) is 0. The van der Waals surface area contributed by atoms with Crippen LogP contribution in [0.15, 0.2) is 53.2 Å². The number of allylic oxidation sites excluding steroid dienone is 2. The van der Waals surface area contributed by atoms with E-state index in [1.165, 1.54) is 12.3 Å². The highest BCUT2D eigenvalue weighted by atomic mass is 16.6. The topological polar surface area (TPSA) is 117 Å². The fourth-order valence-corrected chi connectivity index (χ4v) is 4.83. The Hall–Kier alpha value is -3.95. The number of hydrogen-bond acceptors (Lipinski definition) is 7. The summed E-state index contributed by atoms with van der Waals surface area (Å²) in [6.07, 6.45) is 6.25. The first-order valence-corrected chi connectivity index (χ1v) is 10.8. The van der Waals surface area contributed by atoms with Gasteiger partial charge in [0, 0.05) is 32.2 Å². The number of amides is 3. The van der Waals surface area contributed by atoms with Crippen LogP contribution in [0.5, 0.6) is 0 Å². The zero-order chi connectivity index (χ0) is 23.1. The molecule has 2 saturated heterocycles. The van der Waals surface area contributed by atoms with Crippen LogP contribution in [-0.2, 0) is 9.59 Å². The molecule has 10 heteroatoms. The molecule has 2 aromatic rings. The molecule has 0 unspecified atom stereocenters. The molecule has 0 spiro atoms. The lowest BCUT2D eigenvalue weighted by Gasteiger charge is -2.35. The second-order valence-electron chi connectivity index (χ2n) is 8.35. The van der Waals surface area contributed by atoms with Gasteiger partial charge in [-0.1, -0.05) is 12.2 Å². The highest BCUT2D eigenvalue weighted by Crippen LogP contribution is 2.40. The van der Waals surface area contributed by atoms with E-state index < -0.39 is 16.8 Å². The second-order valence-corrected chi connectivity index (χ2v) is 8.35. The Morgan fingerprint density at radius 2 is 1.67 bits per heavy atom. The monoisotopic (exact) mass is 450 g/mol. The molecule has 3 aliphatic rings. The molecule has 1 aromatic carbocycles. The molecule has 170 valence electrons. The fourth-order valence-electron chi connectivity index (χ4n) is 4.83. The maximum absolute atomic E-state index is 12.9. The third-order valence-corrected chi connectivity index (χ3v) is 6.56. The van der Waals surface area contributed by atoms with Crippen LogP contribution in [0.4, 0.5) is 17.1 Å². The average molecular weight is 450 g/mol. The van der Waals surface area contributed by atoms with Gasteiger partial charge in [-0.15, -0.1) is 0 Å². The molecule has 10 nitrogen and oxygen atoms in total. The molecule has 3 heterocycles. The summed E-state index contributed by atoms with van der Waals surface area (Å²) in [5, 5.41) is 11.9. The van der Waals surface area contributed by atoms with Gasteiger partial charge in [-0.3, -0.25) is 24.5 Å². The molecule has 0 bridgehead atoms.